The number of fused-ring (bicyclic) bond motifs is 1. The van der Waals surface area contributed by atoms with Crippen molar-refractivity contribution in [3.63, 3.8) is 0 Å². The van der Waals surface area contributed by atoms with Crippen molar-refractivity contribution in [2.24, 2.45) is 0 Å². The smallest absolute Gasteiger partial charge is 0.211 e. The second kappa shape index (κ2) is 6.33. The molecule has 1 fully saturated rings. The van der Waals surface area contributed by atoms with E-state index >= 15 is 0 Å². The molecular weight excluding hydrogens is 357 g/mol. The summed E-state index contributed by atoms with van der Waals surface area (Å²) in [4.78, 5) is 6.55. The third-order valence-electron chi connectivity index (χ3n) is 4.52. The number of benzene rings is 1. The molecule has 3 heterocycles. The molecule has 7 nitrogen and oxygen atoms in total. The molecule has 3 aromatic rings. The fraction of sp³-hybridized carbons (Fsp3) is 0.294. The fourth-order valence-corrected chi connectivity index (χ4v) is 4.00. The first-order chi connectivity index (χ1) is 12.4. The third-order valence-corrected chi connectivity index (χ3v) is 5.83. The Morgan fingerprint density at radius 1 is 1.08 bits per heavy atom. The second-order valence-corrected chi connectivity index (χ2v) is 8.21. The van der Waals surface area contributed by atoms with E-state index in [1.807, 2.05) is 4.90 Å². The molecule has 1 aliphatic rings. The summed E-state index contributed by atoms with van der Waals surface area (Å²) in [7, 11) is -3.20. The Hall–Kier alpha value is -2.52. The van der Waals surface area contributed by atoms with Gasteiger partial charge in [-0.2, -0.15) is 13.9 Å². The van der Waals surface area contributed by atoms with Gasteiger partial charge in [0, 0.05) is 43.9 Å². The SMILES string of the molecule is CS(=O)(=O)N1CCN(c2cc(-c3ccccc3F)nc3ccnn23)CC1. The van der Waals surface area contributed by atoms with Crippen LogP contribution in [0.25, 0.3) is 16.9 Å². The summed E-state index contributed by atoms with van der Waals surface area (Å²) in [6, 6.07) is 10.1. The Morgan fingerprint density at radius 2 is 1.81 bits per heavy atom. The zero-order valence-corrected chi connectivity index (χ0v) is 15.0. The molecule has 1 aromatic carbocycles. The molecule has 0 bridgehead atoms. The van der Waals surface area contributed by atoms with Crippen LogP contribution in [0.1, 0.15) is 0 Å². The molecule has 0 N–H and O–H groups in total. The highest BCUT2D eigenvalue weighted by Crippen LogP contribution is 2.27. The first-order valence-corrected chi connectivity index (χ1v) is 10.1. The minimum absolute atomic E-state index is 0.336. The number of piperazine rings is 1. The summed E-state index contributed by atoms with van der Waals surface area (Å²) >= 11 is 0. The third kappa shape index (κ3) is 3.04. The molecule has 136 valence electrons. The minimum Gasteiger partial charge on any atom is -0.354 e. The minimum atomic E-state index is -3.20. The van der Waals surface area contributed by atoms with Crippen LogP contribution in [0.4, 0.5) is 10.2 Å². The number of rotatable bonds is 3. The largest absolute Gasteiger partial charge is 0.354 e. The van der Waals surface area contributed by atoms with Crippen LogP contribution >= 0.6 is 0 Å². The predicted molar refractivity (Wildman–Crippen MR) is 97.0 cm³/mol. The Bertz CT molecular complexity index is 1060. The molecule has 0 aliphatic carbocycles. The number of sulfonamides is 1. The molecule has 26 heavy (non-hydrogen) atoms. The first-order valence-electron chi connectivity index (χ1n) is 8.23. The number of nitrogens with zero attached hydrogens (tertiary/aromatic N) is 5. The summed E-state index contributed by atoms with van der Waals surface area (Å²) in [6.07, 6.45) is 2.86. The van der Waals surface area contributed by atoms with Gasteiger partial charge in [-0.05, 0) is 12.1 Å². The van der Waals surface area contributed by atoms with E-state index in [0.717, 1.165) is 5.82 Å². The molecule has 0 radical (unpaired) electrons. The van der Waals surface area contributed by atoms with Crippen LogP contribution in [-0.4, -0.2) is 59.8 Å². The van der Waals surface area contributed by atoms with Gasteiger partial charge in [-0.15, -0.1) is 0 Å². The number of hydrogen-bond donors (Lipinski definition) is 0. The topological polar surface area (TPSA) is 70.8 Å². The molecule has 2 aromatic heterocycles. The molecule has 0 spiro atoms. The van der Waals surface area contributed by atoms with Gasteiger partial charge in [0.05, 0.1) is 18.1 Å². The predicted octanol–water partition coefficient (Wildman–Crippen LogP) is 1.62. The van der Waals surface area contributed by atoms with Gasteiger partial charge in [-0.1, -0.05) is 12.1 Å². The van der Waals surface area contributed by atoms with Gasteiger partial charge in [0.2, 0.25) is 10.0 Å². The van der Waals surface area contributed by atoms with Crippen molar-refractivity contribution in [1.29, 1.82) is 0 Å². The summed E-state index contributed by atoms with van der Waals surface area (Å²) in [5.41, 5.74) is 1.56. The molecule has 4 rings (SSSR count). The van der Waals surface area contributed by atoms with Gasteiger partial charge in [0.15, 0.2) is 5.65 Å². The molecule has 1 saturated heterocycles. The Balaban J connectivity index is 1.74. The first kappa shape index (κ1) is 16.9. The van der Waals surface area contributed by atoms with Gasteiger partial charge in [-0.25, -0.2) is 17.8 Å². The van der Waals surface area contributed by atoms with Crippen LogP contribution in [0.3, 0.4) is 0 Å². The molecule has 0 amide bonds. The van der Waals surface area contributed by atoms with Gasteiger partial charge < -0.3 is 4.90 Å². The van der Waals surface area contributed by atoms with Gasteiger partial charge >= 0.3 is 0 Å². The van der Waals surface area contributed by atoms with Crippen molar-refractivity contribution < 1.29 is 12.8 Å². The van der Waals surface area contributed by atoms with Crippen LogP contribution in [0.2, 0.25) is 0 Å². The van der Waals surface area contributed by atoms with Crippen LogP contribution in [-0.2, 0) is 10.0 Å². The average molecular weight is 375 g/mol. The second-order valence-electron chi connectivity index (χ2n) is 6.23. The molecular formula is C17H18FN5O2S. The van der Waals surface area contributed by atoms with E-state index in [-0.39, 0.29) is 5.82 Å². The summed E-state index contributed by atoms with van der Waals surface area (Å²) in [6.45, 7) is 1.86. The number of anilines is 1. The van der Waals surface area contributed by atoms with E-state index in [1.165, 1.54) is 16.6 Å². The number of halogens is 1. The van der Waals surface area contributed by atoms with E-state index in [1.54, 1.807) is 41.0 Å². The molecule has 0 atom stereocenters. The van der Waals surface area contributed by atoms with Crippen LogP contribution < -0.4 is 4.90 Å². The Morgan fingerprint density at radius 3 is 2.50 bits per heavy atom. The van der Waals surface area contributed by atoms with E-state index in [4.69, 9.17) is 0 Å². The Kier molecular flexibility index (Phi) is 4.12. The van der Waals surface area contributed by atoms with Crippen molar-refractivity contribution in [1.82, 2.24) is 18.9 Å². The van der Waals surface area contributed by atoms with Crippen LogP contribution in [0.15, 0.2) is 42.6 Å². The lowest BCUT2D eigenvalue weighted by Crippen LogP contribution is -2.48. The number of aromatic nitrogens is 3. The average Bonchev–Trinajstić information content (AvgIpc) is 3.09. The molecule has 1 aliphatic heterocycles. The summed E-state index contributed by atoms with van der Waals surface area (Å²) in [5.74, 6) is 0.433. The highest BCUT2D eigenvalue weighted by Gasteiger charge is 2.25. The maximum absolute atomic E-state index is 14.2. The lowest BCUT2D eigenvalue weighted by molar-refractivity contribution is 0.386. The van der Waals surface area contributed by atoms with E-state index in [0.29, 0.717) is 43.1 Å². The fourth-order valence-electron chi connectivity index (χ4n) is 3.18. The normalized spacial score (nSPS) is 16.3. The molecule has 0 unspecified atom stereocenters. The van der Waals surface area contributed by atoms with Crippen molar-refractivity contribution >= 4 is 21.5 Å². The molecule has 0 saturated carbocycles. The summed E-state index contributed by atoms with van der Waals surface area (Å²) < 4.78 is 40.8. The quantitative estimate of drug-likeness (QED) is 0.696. The van der Waals surface area contributed by atoms with E-state index in [9.17, 15) is 12.8 Å². The zero-order valence-electron chi connectivity index (χ0n) is 14.2. The lowest BCUT2D eigenvalue weighted by Gasteiger charge is -2.34. The van der Waals surface area contributed by atoms with E-state index < -0.39 is 10.0 Å². The van der Waals surface area contributed by atoms with Gasteiger partial charge in [0.25, 0.3) is 0 Å². The van der Waals surface area contributed by atoms with Crippen molar-refractivity contribution in [3.05, 3.63) is 48.4 Å². The highest BCUT2D eigenvalue weighted by atomic mass is 32.2. The standard InChI is InChI=1S/C17H18FN5O2S/c1-26(24,25)22-10-8-21(9-11-22)17-12-15(13-4-2-3-5-14(13)18)20-16-6-7-19-23(16)17/h2-7,12H,8-11H2,1H3. The summed E-state index contributed by atoms with van der Waals surface area (Å²) in [5, 5.41) is 4.31. The van der Waals surface area contributed by atoms with Crippen molar-refractivity contribution in [2.75, 3.05) is 37.3 Å². The monoisotopic (exact) mass is 375 g/mol. The lowest BCUT2D eigenvalue weighted by atomic mass is 10.1. The van der Waals surface area contributed by atoms with Gasteiger partial charge in [-0.3, -0.25) is 0 Å². The molecule has 9 heteroatoms. The van der Waals surface area contributed by atoms with Crippen LogP contribution in [0.5, 0.6) is 0 Å². The highest BCUT2D eigenvalue weighted by molar-refractivity contribution is 7.88. The van der Waals surface area contributed by atoms with E-state index in [2.05, 4.69) is 10.1 Å². The van der Waals surface area contributed by atoms with Crippen LogP contribution in [0, 0.1) is 5.82 Å². The van der Waals surface area contributed by atoms with Crippen molar-refractivity contribution in [3.8, 4) is 11.3 Å². The van der Waals surface area contributed by atoms with Crippen molar-refractivity contribution in [2.45, 2.75) is 0 Å². The Labute approximate surface area is 150 Å². The maximum atomic E-state index is 14.2. The van der Waals surface area contributed by atoms with Gasteiger partial charge in [0.1, 0.15) is 11.6 Å². The maximum Gasteiger partial charge on any atom is 0.211 e. The zero-order chi connectivity index (χ0) is 18.3. The number of hydrogen-bond acceptors (Lipinski definition) is 5.